The van der Waals surface area contributed by atoms with Gasteiger partial charge < -0.3 is 5.43 Å². The second-order valence-electron chi connectivity index (χ2n) is 3.90. The van der Waals surface area contributed by atoms with Crippen LogP contribution in [-0.2, 0) is 5.75 Å². The molecule has 0 unspecified atom stereocenters. The number of hydrogen-bond acceptors (Lipinski definition) is 4. The standard InChI is InChI=1S/C11H17N3S/c12-14-9-5-6-13-10(7-9)8-15-11-3-1-2-4-11/h5-7,11H,1-4,8,12H2,(H,13,14). The van der Waals surface area contributed by atoms with Gasteiger partial charge in [0, 0.05) is 17.2 Å². The zero-order valence-corrected chi connectivity index (χ0v) is 9.59. The number of nitrogens with zero attached hydrogens (tertiary/aromatic N) is 1. The summed E-state index contributed by atoms with van der Waals surface area (Å²) in [5, 5.41) is 0.848. The lowest BCUT2D eigenvalue weighted by molar-refractivity contribution is 0.886. The van der Waals surface area contributed by atoms with E-state index in [1.54, 1.807) is 6.20 Å². The summed E-state index contributed by atoms with van der Waals surface area (Å²) in [5.74, 6) is 6.35. The molecular formula is C11H17N3S. The number of anilines is 1. The van der Waals surface area contributed by atoms with Crippen LogP contribution in [0.2, 0.25) is 0 Å². The maximum Gasteiger partial charge on any atom is 0.0523 e. The van der Waals surface area contributed by atoms with E-state index in [1.165, 1.54) is 25.7 Å². The molecule has 0 aromatic carbocycles. The van der Waals surface area contributed by atoms with Crippen molar-refractivity contribution < 1.29 is 0 Å². The zero-order valence-electron chi connectivity index (χ0n) is 8.78. The van der Waals surface area contributed by atoms with Crippen molar-refractivity contribution in [2.24, 2.45) is 5.84 Å². The van der Waals surface area contributed by atoms with Crippen LogP contribution in [0.25, 0.3) is 0 Å². The minimum Gasteiger partial charge on any atom is -0.324 e. The molecule has 3 nitrogen and oxygen atoms in total. The fraction of sp³-hybridized carbons (Fsp3) is 0.545. The molecule has 0 bridgehead atoms. The number of aromatic nitrogens is 1. The summed E-state index contributed by atoms with van der Waals surface area (Å²) < 4.78 is 0. The first-order valence-electron chi connectivity index (χ1n) is 5.41. The first-order chi connectivity index (χ1) is 7.38. The molecule has 82 valence electrons. The van der Waals surface area contributed by atoms with Gasteiger partial charge in [-0.1, -0.05) is 12.8 Å². The van der Waals surface area contributed by atoms with Crippen molar-refractivity contribution in [3.05, 3.63) is 24.0 Å². The second-order valence-corrected chi connectivity index (χ2v) is 5.19. The Hall–Kier alpha value is -0.740. The minimum absolute atomic E-state index is 0.848. The van der Waals surface area contributed by atoms with E-state index in [4.69, 9.17) is 5.84 Å². The van der Waals surface area contributed by atoms with Crippen molar-refractivity contribution in [3.8, 4) is 0 Å². The van der Waals surface area contributed by atoms with Gasteiger partial charge in [0.15, 0.2) is 0 Å². The lowest BCUT2D eigenvalue weighted by Crippen LogP contribution is -2.07. The molecule has 0 atom stereocenters. The van der Waals surface area contributed by atoms with Crippen LogP contribution in [0.15, 0.2) is 18.3 Å². The molecule has 0 aliphatic heterocycles. The fourth-order valence-electron chi connectivity index (χ4n) is 1.91. The fourth-order valence-corrected chi connectivity index (χ4v) is 3.14. The Morgan fingerprint density at radius 2 is 2.27 bits per heavy atom. The van der Waals surface area contributed by atoms with Crippen LogP contribution in [0, 0.1) is 0 Å². The lowest BCUT2D eigenvalue weighted by Gasteiger charge is -2.08. The van der Waals surface area contributed by atoms with Gasteiger partial charge in [0.05, 0.1) is 11.4 Å². The largest absolute Gasteiger partial charge is 0.324 e. The molecule has 1 aliphatic carbocycles. The SMILES string of the molecule is NNc1ccnc(CSC2CCCC2)c1. The van der Waals surface area contributed by atoms with E-state index in [0.717, 1.165) is 22.4 Å². The Morgan fingerprint density at radius 3 is 3.00 bits per heavy atom. The number of nitrogen functional groups attached to an aromatic ring is 1. The third-order valence-corrected chi connectivity index (χ3v) is 4.16. The maximum atomic E-state index is 5.35. The van der Waals surface area contributed by atoms with Crippen molar-refractivity contribution >= 4 is 17.4 Å². The first kappa shape index (κ1) is 10.8. The number of hydrogen-bond donors (Lipinski definition) is 2. The lowest BCUT2D eigenvalue weighted by atomic mass is 10.3. The first-order valence-corrected chi connectivity index (χ1v) is 6.46. The maximum absolute atomic E-state index is 5.35. The Morgan fingerprint density at radius 1 is 1.47 bits per heavy atom. The van der Waals surface area contributed by atoms with Gasteiger partial charge in [-0.25, -0.2) is 0 Å². The minimum atomic E-state index is 0.848. The van der Waals surface area contributed by atoms with Gasteiger partial charge in [0.25, 0.3) is 0 Å². The predicted octanol–water partition coefficient (Wildman–Crippen LogP) is 2.54. The Kier molecular flexibility index (Phi) is 3.86. The average Bonchev–Trinajstić information content (AvgIpc) is 2.79. The molecule has 0 radical (unpaired) electrons. The van der Waals surface area contributed by atoms with E-state index in [-0.39, 0.29) is 0 Å². The smallest absolute Gasteiger partial charge is 0.0523 e. The second kappa shape index (κ2) is 5.37. The Balaban J connectivity index is 1.86. The zero-order chi connectivity index (χ0) is 10.5. The molecule has 1 aromatic rings. The molecule has 1 saturated carbocycles. The van der Waals surface area contributed by atoms with E-state index in [0.29, 0.717) is 0 Å². The summed E-state index contributed by atoms with van der Waals surface area (Å²) in [4.78, 5) is 4.33. The third-order valence-electron chi connectivity index (χ3n) is 2.75. The molecule has 1 aromatic heterocycles. The quantitative estimate of drug-likeness (QED) is 0.608. The van der Waals surface area contributed by atoms with E-state index in [2.05, 4.69) is 10.4 Å². The van der Waals surface area contributed by atoms with Gasteiger partial charge in [0.1, 0.15) is 0 Å². The summed E-state index contributed by atoms with van der Waals surface area (Å²) >= 11 is 2.03. The molecule has 1 fully saturated rings. The topological polar surface area (TPSA) is 50.9 Å². The highest BCUT2D eigenvalue weighted by atomic mass is 32.2. The van der Waals surface area contributed by atoms with Crippen LogP contribution in [0.4, 0.5) is 5.69 Å². The van der Waals surface area contributed by atoms with Crippen molar-refractivity contribution in [2.75, 3.05) is 5.43 Å². The molecule has 0 saturated heterocycles. The molecule has 2 rings (SSSR count). The normalized spacial score (nSPS) is 16.9. The number of hydrazine groups is 1. The van der Waals surface area contributed by atoms with E-state index in [9.17, 15) is 0 Å². The summed E-state index contributed by atoms with van der Waals surface area (Å²) in [6, 6.07) is 3.89. The Bertz CT molecular complexity index is 310. The molecular weight excluding hydrogens is 206 g/mol. The summed E-state index contributed by atoms with van der Waals surface area (Å²) in [5.41, 5.74) is 4.70. The molecule has 4 heteroatoms. The van der Waals surface area contributed by atoms with E-state index < -0.39 is 0 Å². The van der Waals surface area contributed by atoms with Crippen molar-refractivity contribution in [2.45, 2.75) is 36.7 Å². The molecule has 15 heavy (non-hydrogen) atoms. The van der Waals surface area contributed by atoms with Crippen LogP contribution < -0.4 is 11.3 Å². The number of nitrogens with one attached hydrogen (secondary N) is 1. The molecule has 0 spiro atoms. The molecule has 0 amide bonds. The van der Waals surface area contributed by atoms with Crippen LogP contribution in [0.5, 0.6) is 0 Å². The van der Waals surface area contributed by atoms with Crippen LogP contribution in [-0.4, -0.2) is 10.2 Å². The summed E-state index contributed by atoms with van der Waals surface area (Å²) in [7, 11) is 0. The highest BCUT2D eigenvalue weighted by Gasteiger charge is 2.15. The monoisotopic (exact) mass is 223 g/mol. The van der Waals surface area contributed by atoms with Gasteiger partial charge in [-0.2, -0.15) is 11.8 Å². The van der Waals surface area contributed by atoms with Gasteiger partial charge in [-0.3, -0.25) is 10.8 Å². The third kappa shape index (κ3) is 3.11. The van der Waals surface area contributed by atoms with Gasteiger partial charge in [-0.15, -0.1) is 0 Å². The molecule has 1 aliphatic rings. The number of pyridine rings is 1. The van der Waals surface area contributed by atoms with Gasteiger partial charge in [0.2, 0.25) is 0 Å². The van der Waals surface area contributed by atoms with Crippen LogP contribution in [0.1, 0.15) is 31.4 Å². The van der Waals surface area contributed by atoms with Crippen molar-refractivity contribution in [1.29, 1.82) is 0 Å². The average molecular weight is 223 g/mol. The van der Waals surface area contributed by atoms with E-state index >= 15 is 0 Å². The highest BCUT2D eigenvalue weighted by molar-refractivity contribution is 7.99. The molecule has 3 N–H and O–H groups in total. The van der Waals surface area contributed by atoms with E-state index in [1.807, 2.05) is 23.9 Å². The van der Waals surface area contributed by atoms with Crippen molar-refractivity contribution in [1.82, 2.24) is 4.98 Å². The highest BCUT2D eigenvalue weighted by Crippen LogP contribution is 2.31. The van der Waals surface area contributed by atoms with Crippen LogP contribution in [0.3, 0.4) is 0 Å². The molecule has 1 heterocycles. The van der Waals surface area contributed by atoms with Gasteiger partial charge >= 0.3 is 0 Å². The van der Waals surface area contributed by atoms with Gasteiger partial charge in [-0.05, 0) is 25.0 Å². The predicted molar refractivity (Wildman–Crippen MR) is 65.6 cm³/mol. The summed E-state index contributed by atoms with van der Waals surface area (Å²) in [6.45, 7) is 0. The number of thioether (sulfide) groups is 1. The Labute approximate surface area is 94.8 Å². The number of rotatable bonds is 4. The number of nitrogens with two attached hydrogens (primary N) is 1. The van der Waals surface area contributed by atoms with Crippen molar-refractivity contribution in [3.63, 3.8) is 0 Å². The van der Waals surface area contributed by atoms with Crippen LogP contribution >= 0.6 is 11.8 Å². The summed E-state index contributed by atoms with van der Waals surface area (Å²) in [6.07, 6.45) is 7.35.